The van der Waals surface area contributed by atoms with Gasteiger partial charge in [0, 0.05) is 42.2 Å². The van der Waals surface area contributed by atoms with Crippen molar-refractivity contribution in [3.8, 4) is 5.75 Å². The molecule has 7 nitrogen and oxygen atoms in total. The molecule has 2 N–H and O–H groups in total. The number of hydrogen-bond donors (Lipinski definition) is 2. The lowest BCUT2D eigenvalue weighted by Crippen LogP contribution is -2.44. The van der Waals surface area contributed by atoms with E-state index in [9.17, 15) is 15.0 Å². The summed E-state index contributed by atoms with van der Waals surface area (Å²) in [4.78, 5) is 23.0. The topological polar surface area (TPSA) is 95.8 Å². The highest BCUT2D eigenvalue weighted by Crippen LogP contribution is 2.37. The minimum atomic E-state index is -0.817. The number of aliphatic carboxylic acids is 1. The number of fused-ring (bicyclic) bond motifs is 1. The molecule has 0 bridgehead atoms. The van der Waals surface area contributed by atoms with E-state index in [1.54, 1.807) is 31.3 Å². The van der Waals surface area contributed by atoms with Crippen LogP contribution < -0.4 is 4.74 Å². The first kappa shape index (κ1) is 25.7. The Hall–Kier alpha value is -2.39. The molecule has 3 aromatic rings. The highest BCUT2D eigenvalue weighted by atomic mass is 35.5. The molecule has 186 valence electrons. The van der Waals surface area contributed by atoms with Crippen molar-refractivity contribution in [3.05, 3.63) is 59.4 Å². The Morgan fingerprint density at radius 2 is 2.17 bits per heavy atom. The van der Waals surface area contributed by atoms with Gasteiger partial charge in [0.1, 0.15) is 5.75 Å². The van der Waals surface area contributed by atoms with Crippen molar-refractivity contribution in [3.63, 3.8) is 0 Å². The highest BCUT2D eigenvalue weighted by molar-refractivity contribution is 7.99. The lowest BCUT2D eigenvalue weighted by molar-refractivity contribution is -0.146. The van der Waals surface area contributed by atoms with E-state index in [0.717, 1.165) is 41.2 Å². The largest absolute Gasteiger partial charge is 0.497 e. The minimum Gasteiger partial charge on any atom is -0.497 e. The van der Waals surface area contributed by atoms with Gasteiger partial charge in [-0.05, 0) is 62.1 Å². The number of aromatic nitrogens is 2. The standard InChI is InChI=1S/C26H30ClN3O4S/c1-34-18-6-7-22-19(14-18)25(21(27)15-29-22)23(31)8-5-17-9-11-30(16-20(17)26(32)33)12-13-35-24-4-2-3-10-28-24/h2-4,6-7,10,14-15,17,20,23,31H,5,8-9,11-13,16H2,1H3,(H,32,33)/t17-,20+,23-/m0/s1. The number of carboxylic acid groups (broad SMARTS) is 1. The summed E-state index contributed by atoms with van der Waals surface area (Å²) in [5, 5.41) is 23.1. The molecule has 4 rings (SSSR count). The summed E-state index contributed by atoms with van der Waals surface area (Å²) >= 11 is 8.12. The second kappa shape index (κ2) is 12.0. The molecule has 1 fully saturated rings. The van der Waals surface area contributed by atoms with Gasteiger partial charge in [-0.25, -0.2) is 4.98 Å². The van der Waals surface area contributed by atoms with Crippen LogP contribution in [-0.2, 0) is 4.79 Å². The highest BCUT2D eigenvalue weighted by Gasteiger charge is 2.34. The molecule has 0 saturated carbocycles. The number of halogens is 1. The van der Waals surface area contributed by atoms with E-state index >= 15 is 0 Å². The van der Waals surface area contributed by atoms with Crippen LogP contribution in [0.5, 0.6) is 5.75 Å². The Balaban J connectivity index is 1.37. The molecule has 0 spiro atoms. The van der Waals surface area contributed by atoms with Gasteiger partial charge in [0.05, 0.1) is 34.7 Å². The summed E-state index contributed by atoms with van der Waals surface area (Å²) in [5.74, 6) is 0.297. The van der Waals surface area contributed by atoms with E-state index < -0.39 is 18.0 Å². The van der Waals surface area contributed by atoms with Crippen molar-refractivity contribution < 1.29 is 19.7 Å². The number of pyridine rings is 2. The van der Waals surface area contributed by atoms with Crippen LogP contribution in [-0.4, -0.2) is 63.5 Å². The molecule has 1 aromatic carbocycles. The van der Waals surface area contributed by atoms with E-state index in [2.05, 4.69) is 14.9 Å². The Morgan fingerprint density at radius 3 is 2.91 bits per heavy atom. The number of carbonyl (C=O) groups is 1. The molecule has 0 amide bonds. The van der Waals surface area contributed by atoms with Gasteiger partial charge in [0.25, 0.3) is 0 Å². The fraction of sp³-hybridized carbons (Fsp3) is 0.423. The molecule has 0 unspecified atom stereocenters. The van der Waals surface area contributed by atoms with E-state index in [4.69, 9.17) is 16.3 Å². The molecule has 1 aliphatic rings. The van der Waals surface area contributed by atoms with Crippen LogP contribution >= 0.6 is 23.4 Å². The average molecular weight is 516 g/mol. The third-order valence-corrected chi connectivity index (χ3v) is 7.89. The van der Waals surface area contributed by atoms with Crippen LogP contribution in [0.1, 0.15) is 30.9 Å². The smallest absolute Gasteiger partial charge is 0.308 e. The third kappa shape index (κ3) is 6.44. The Bertz CT molecular complexity index is 1150. The van der Waals surface area contributed by atoms with Crippen molar-refractivity contribution in [2.75, 3.05) is 32.5 Å². The van der Waals surface area contributed by atoms with Gasteiger partial charge in [-0.3, -0.25) is 9.78 Å². The molecular formula is C26H30ClN3O4S. The van der Waals surface area contributed by atoms with Gasteiger partial charge in [-0.15, -0.1) is 11.8 Å². The summed E-state index contributed by atoms with van der Waals surface area (Å²) in [6.45, 7) is 2.19. The van der Waals surface area contributed by atoms with Gasteiger partial charge < -0.3 is 19.8 Å². The normalized spacial score (nSPS) is 19.5. The second-order valence-electron chi connectivity index (χ2n) is 8.81. The number of likely N-dealkylation sites (tertiary alicyclic amines) is 1. The SMILES string of the molecule is COc1ccc2ncc(Cl)c([C@@H](O)CC[C@H]3CCN(CCSc4ccccn4)C[C@H]3C(=O)O)c2c1. The lowest BCUT2D eigenvalue weighted by atomic mass is 9.81. The first-order valence-corrected chi connectivity index (χ1v) is 13.1. The molecule has 0 aliphatic carbocycles. The van der Waals surface area contributed by atoms with Crippen LogP contribution in [0, 0.1) is 11.8 Å². The van der Waals surface area contributed by atoms with Gasteiger partial charge >= 0.3 is 5.97 Å². The zero-order valence-corrected chi connectivity index (χ0v) is 21.2. The van der Waals surface area contributed by atoms with E-state index in [1.807, 2.05) is 36.4 Å². The van der Waals surface area contributed by atoms with Crippen molar-refractivity contribution in [1.29, 1.82) is 0 Å². The Kier molecular flexibility index (Phi) is 8.83. The van der Waals surface area contributed by atoms with Gasteiger partial charge in [0.2, 0.25) is 0 Å². The number of hydrogen-bond acceptors (Lipinski definition) is 7. The monoisotopic (exact) mass is 515 g/mol. The fourth-order valence-electron chi connectivity index (χ4n) is 4.76. The molecule has 3 atom stereocenters. The van der Waals surface area contributed by atoms with Crippen LogP contribution in [0.2, 0.25) is 5.02 Å². The molecule has 35 heavy (non-hydrogen) atoms. The molecule has 1 aliphatic heterocycles. The number of thioether (sulfide) groups is 1. The molecule has 1 saturated heterocycles. The number of aliphatic hydroxyl groups is 1. The Labute approximate surface area is 214 Å². The summed E-state index contributed by atoms with van der Waals surface area (Å²) in [5.41, 5.74) is 1.34. The van der Waals surface area contributed by atoms with Crippen molar-refractivity contribution in [2.24, 2.45) is 11.8 Å². The zero-order chi connectivity index (χ0) is 24.8. The third-order valence-electron chi connectivity index (χ3n) is 6.66. The maximum Gasteiger partial charge on any atom is 0.308 e. The van der Waals surface area contributed by atoms with E-state index in [0.29, 0.717) is 35.7 Å². The molecular weight excluding hydrogens is 486 g/mol. The number of benzene rings is 1. The number of rotatable bonds is 10. The van der Waals surface area contributed by atoms with Gasteiger partial charge in [-0.1, -0.05) is 17.7 Å². The molecule has 9 heteroatoms. The number of aliphatic hydroxyl groups excluding tert-OH is 1. The van der Waals surface area contributed by atoms with Gasteiger partial charge in [-0.2, -0.15) is 0 Å². The summed E-state index contributed by atoms with van der Waals surface area (Å²) < 4.78 is 5.33. The van der Waals surface area contributed by atoms with Crippen LogP contribution in [0.3, 0.4) is 0 Å². The quantitative estimate of drug-likeness (QED) is 0.367. The first-order chi connectivity index (χ1) is 17.0. The number of nitrogens with zero attached hydrogens (tertiary/aromatic N) is 3. The predicted octanol–water partition coefficient (Wildman–Crippen LogP) is 4.92. The zero-order valence-electron chi connectivity index (χ0n) is 19.6. The fourth-order valence-corrected chi connectivity index (χ4v) is 5.90. The van der Waals surface area contributed by atoms with Crippen molar-refractivity contribution in [1.82, 2.24) is 14.9 Å². The summed E-state index contributed by atoms with van der Waals surface area (Å²) in [7, 11) is 1.59. The summed E-state index contributed by atoms with van der Waals surface area (Å²) in [6, 6.07) is 11.3. The maximum absolute atomic E-state index is 12.1. The van der Waals surface area contributed by atoms with Gasteiger partial charge in [0.15, 0.2) is 0 Å². The minimum absolute atomic E-state index is 0.00301. The van der Waals surface area contributed by atoms with Crippen LogP contribution in [0.15, 0.2) is 53.8 Å². The number of piperidine rings is 1. The first-order valence-electron chi connectivity index (χ1n) is 11.8. The van der Waals surface area contributed by atoms with Crippen LogP contribution in [0.25, 0.3) is 10.9 Å². The maximum atomic E-state index is 12.1. The number of ether oxygens (including phenoxy) is 1. The number of methoxy groups -OCH3 is 1. The van der Waals surface area contributed by atoms with E-state index in [-0.39, 0.29) is 5.92 Å². The van der Waals surface area contributed by atoms with E-state index in [1.165, 1.54) is 0 Å². The molecule has 0 radical (unpaired) electrons. The van der Waals surface area contributed by atoms with Crippen LogP contribution in [0.4, 0.5) is 0 Å². The average Bonchev–Trinajstić information content (AvgIpc) is 2.87. The second-order valence-corrected chi connectivity index (χ2v) is 10.3. The lowest BCUT2D eigenvalue weighted by Gasteiger charge is -2.37. The summed E-state index contributed by atoms with van der Waals surface area (Å²) in [6.07, 6.45) is 4.34. The molecule has 2 aromatic heterocycles. The molecule has 3 heterocycles. The Morgan fingerprint density at radius 1 is 1.31 bits per heavy atom. The van der Waals surface area contributed by atoms with Crippen molar-refractivity contribution >= 4 is 40.2 Å². The predicted molar refractivity (Wildman–Crippen MR) is 138 cm³/mol. The number of carboxylic acids is 1. The van der Waals surface area contributed by atoms with Crippen molar-refractivity contribution in [2.45, 2.75) is 30.4 Å².